The first-order valence-electron chi connectivity index (χ1n) is 12.1. The average molecular weight is 433 g/mol. The van der Waals surface area contributed by atoms with Crippen molar-refractivity contribution < 1.29 is 4.74 Å². The molecule has 3 fully saturated rings. The molecule has 0 bridgehead atoms. The zero-order chi connectivity index (χ0) is 21.5. The van der Waals surface area contributed by atoms with E-state index < -0.39 is 0 Å². The van der Waals surface area contributed by atoms with Gasteiger partial charge in [0.2, 0.25) is 0 Å². The first-order chi connectivity index (χ1) is 15.2. The minimum absolute atomic E-state index is 0.566. The predicted molar refractivity (Wildman–Crippen MR) is 122 cm³/mol. The third kappa shape index (κ3) is 6.40. The van der Waals surface area contributed by atoms with Crippen LogP contribution in [0.2, 0.25) is 0 Å². The number of morpholine rings is 1. The van der Waals surface area contributed by atoms with Crippen LogP contribution in [0, 0.1) is 12.8 Å². The Bertz CT molecular complexity index is 708. The lowest BCUT2D eigenvalue weighted by molar-refractivity contribution is 0.0375. The van der Waals surface area contributed by atoms with Crippen LogP contribution in [-0.2, 0) is 18.3 Å². The van der Waals surface area contributed by atoms with E-state index in [-0.39, 0.29) is 0 Å². The molecule has 1 aromatic rings. The average Bonchev–Trinajstić information content (AvgIpc) is 3.53. The Labute approximate surface area is 186 Å². The quantitative estimate of drug-likeness (QED) is 0.368. The predicted octanol–water partition coefficient (Wildman–Crippen LogP) is 0.709. The second-order valence-electron chi connectivity index (χ2n) is 9.21. The second kappa shape index (κ2) is 11.2. The molecule has 0 aliphatic carbocycles. The van der Waals surface area contributed by atoms with Crippen molar-refractivity contribution in [3.63, 3.8) is 0 Å². The molecule has 1 N–H and O–H groups in total. The van der Waals surface area contributed by atoms with Gasteiger partial charge in [-0.1, -0.05) is 0 Å². The Hall–Kier alpha value is -1.71. The highest BCUT2D eigenvalue weighted by molar-refractivity contribution is 5.80. The summed E-state index contributed by atoms with van der Waals surface area (Å²) in [5, 5.41) is 12.1. The zero-order valence-electron chi connectivity index (χ0n) is 19.4. The monoisotopic (exact) mass is 432 g/mol. The van der Waals surface area contributed by atoms with Crippen LogP contribution in [0.15, 0.2) is 4.99 Å². The summed E-state index contributed by atoms with van der Waals surface area (Å²) in [4.78, 5) is 12.6. The molecule has 0 saturated carbocycles. The summed E-state index contributed by atoms with van der Waals surface area (Å²) in [6.07, 6.45) is 5.11. The van der Waals surface area contributed by atoms with E-state index >= 15 is 0 Å². The van der Waals surface area contributed by atoms with Crippen molar-refractivity contribution in [1.82, 2.24) is 34.8 Å². The van der Waals surface area contributed by atoms with E-state index in [4.69, 9.17) is 9.73 Å². The molecule has 31 heavy (non-hydrogen) atoms. The molecule has 1 aromatic heterocycles. The molecule has 1 atom stereocenters. The van der Waals surface area contributed by atoms with Crippen molar-refractivity contribution in [2.45, 2.75) is 39.2 Å². The van der Waals surface area contributed by atoms with Crippen LogP contribution < -0.4 is 5.32 Å². The highest BCUT2D eigenvalue weighted by Crippen LogP contribution is 2.20. The van der Waals surface area contributed by atoms with Gasteiger partial charge in [-0.05, 0) is 58.2 Å². The van der Waals surface area contributed by atoms with Gasteiger partial charge in [0.1, 0.15) is 12.4 Å². The number of rotatable bonds is 8. The molecule has 0 aromatic carbocycles. The minimum atomic E-state index is 0.566. The summed E-state index contributed by atoms with van der Waals surface area (Å²) >= 11 is 0. The second-order valence-corrected chi connectivity index (χ2v) is 9.21. The fourth-order valence-corrected chi connectivity index (χ4v) is 4.83. The van der Waals surface area contributed by atoms with Crippen molar-refractivity contribution >= 4 is 5.96 Å². The van der Waals surface area contributed by atoms with E-state index in [1.165, 1.54) is 38.9 Å². The fraction of sp³-hybridized carbons (Fsp3) is 0.864. The number of guanidine groups is 1. The number of aryl methyl sites for hydroxylation is 1. The summed E-state index contributed by atoms with van der Waals surface area (Å²) in [7, 11) is 2.01. The van der Waals surface area contributed by atoms with Gasteiger partial charge in [-0.3, -0.25) is 4.90 Å². The lowest BCUT2D eigenvalue weighted by Crippen LogP contribution is -2.42. The molecular formula is C22H40N8O. The van der Waals surface area contributed by atoms with Crippen LogP contribution in [0.1, 0.15) is 37.3 Å². The Morgan fingerprint density at radius 3 is 2.65 bits per heavy atom. The Kier molecular flexibility index (Phi) is 8.15. The van der Waals surface area contributed by atoms with Crippen molar-refractivity contribution in [1.29, 1.82) is 0 Å². The highest BCUT2D eigenvalue weighted by atomic mass is 16.5. The molecule has 0 spiro atoms. The lowest BCUT2D eigenvalue weighted by Gasteiger charge is -2.27. The lowest BCUT2D eigenvalue weighted by atomic mass is 10.1. The van der Waals surface area contributed by atoms with Gasteiger partial charge in [-0.25, -0.2) is 4.99 Å². The van der Waals surface area contributed by atoms with Crippen LogP contribution >= 0.6 is 0 Å². The Morgan fingerprint density at radius 1 is 1.10 bits per heavy atom. The normalized spacial score (nSPS) is 23.7. The molecule has 174 valence electrons. The smallest absolute Gasteiger partial charge is 0.194 e. The summed E-state index contributed by atoms with van der Waals surface area (Å²) in [6, 6.07) is 0. The summed E-state index contributed by atoms with van der Waals surface area (Å²) in [5.74, 6) is 3.62. The van der Waals surface area contributed by atoms with Gasteiger partial charge in [0, 0.05) is 46.3 Å². The van der Waals surface area contributed by atoms with Crippen molar-refractivity contribution in [2.24, 2.45) is 18.0 Å². The maximum atomic E-state index is 5.46. The topological polar surface area (TPSA) is 74.0 Å². The van der Waals surface area contributed by atoms with Gasteiger partial charge >= 0.3 is 0 Å². The molecule has 4 rings (SSSR count). The van der Waals surface area contributed by atoms with Gasteiger partial charge in [-0.2, -0.15) is 0 Å². The largest absolute Gasteiger partial charge is 0.379 e. The maximum Gasteiger partial charge on any atom is 0.194 e. The molecular weight excluding hydrogens is 392 g/mol. The number of nitrogens with one attached hydrogen (secondary N) is 1. The number of likely N-dealkylation sites (tertiary alicyclic amines) is 2. The van der Waals surface area contributed by atoms with Gasteiger partial charge < -0.3 is 24.4 Å². The molecule has 4 heterocycles. The number of ether oxygens (including phenoxy) is 1. The molecule has 9 heteroatoms. The van der Waals surface area contributed by atoms with Gasteiger partial charge in [0.15, 0.2) is 11.8 Å². The summed E-state index contributed by atoms with van der Waals surface area (Å²) in [6.45, 7) is 14.4. The van der Waals surface area contributed by atoms with E-state index in [9.17, 15) is 0 Å². The van der Waals surface area contributed by atoms with E-state index in [1.54, 1.807) is 0 Å². The van der Waals surface area contributed by atoms with Crippen LogP contribution in [0.5, 0.6) is 0 Å². The molecule has 0 amide bonds. The number of hydrogen-bond acceptors (Lipinski definition) is 6. The minimum Gasteiger partial charge on any atom is -0.379 e. The number of aliphatic imine (C=N–C) groups is 1. The third-order valence-electron chi connectivity index (χ3n) is 6.89. The van der Waals surface area contributed by atoms with Crippen molar-refractivity contribution in [3.8, 4) is 0 Å². The highest BCUT2D eigenvalue weighted by Gasteiger charge is 2.27. The fourth-order valence-electron chi connectivity index (χ4n) is 4.83. The van der Waals surface area contributed by atoms with Crippen LogP contribution in [0.4, 0.5) is 0 Å². The van der Waals surface area contributed by atoms with E-state index in [1.807, 2.05) is 18.5 Å². The van der Waals surface area contributed by atoms with Gasteiger partial charge in [0.05, 0.1) is 13.2 Å². The Balaban J connectivity index is 1.31. The van der Waals surface area contributed by atoms with Gasteiger partial charge in [-0.15, -0.1) is 10.2 Å². The van der Waals surface area contributed by atoms with Crippen LogP contribution in [-0.4, -0.2) is 108 Å². The maximum absolute atomic E-state index is 5.46. The molecule has 9 nitrogen and oxygen atoms in total. The van der Waals surface area contributed by atoms with Crippen molar-refractivity contribution in [3.05, 3.63) is 11.6 Å². The number of aromatic nitrogens is 3. The van der Waals surface area contributed by atoms with Gasteiger partial charge in [0.25, 0.3) is 0 Å². The summed E-state index contributed by atoms with van der Waals surface area (Å²) in [5.41, 5.74) is 0. The SMILES string of the molecule is Cc1nnc(CN=C(NCCCN2CCOCC2)N2CCC(CN3CCCC3)C2)n1C. The number of hydrogen-bond donors (Lipinski definition) is 1. The van der Waals surface area contributed by atoms with Crippen LogP contribution in [0.3, 0.4) is 0 Å². The first kappa shape index (κ1) is 22.5. The molecule has 0 radical (unpaired) electrons. The zero-order valence-corrected chi connectivity index (χ0v) is 19.4. The first-order valence-corrected chi connectivity index (χ1v) is 12.1. The van der Waals surface area contributed by atoms with Crippen LogP contribution in [0.25, 0.3) is 0 Å². The summed E-state index contributed by atoms with van der Waals surface area (Å²) < 4.78 is 7.48. The molecule has 3 saturated heterocycles. The number of nitrogens with zero attached hydrogens (tertiary/aromatic N) is 7. The standard InChI is InChI=1S/C22H40N8O/c1-19-25-26-21(27(19)2)16-24-22(23-7-5-10-28-12-14-31-15-13-28)30-11-6-20(18-30)17-29-8-3-4-9-29/h20H,3-18H2,1-2H3,(H,23,24). The van der Waals surface area contributed by atoms with E-state index in [0.29, 0.717) is 6.54 Å². The molecule has 3 aliphatic heterocycles. The van der Waals surface area contributed by atoms with Crippen molar-refractivity contribution in [2.75, 3.05) is 72.1 Å². The molecule has 1 unspecified atom stereocenters. The Morgan fingerprint density at radius 2 is 1.90 bits per heavy atom. The van der Waals surface area contributed by atoms with E-state index in [0.717, 1.165) is 82.4 Å². The molecule has 3 aliphatic rings. The van der Waals surface area contributed by atoms with E-state index in [2.05, 4.69) is 30.2 Å². The third-order valence-corrected chi connectivity index (χ3v) is 6.89.